The SMILES string of the molecule is CCN(Cc1cccs1)C(=O)c1ccc(S(=O)(=O)N2CCNC(=O)C2)cc1. The number of hydrogen-bond acceptors (Lipinski definition) is 5. The molecule has 1 fully saturated rings. The molecule has 0 aliphatic carbocycles. The summed E-state index contributed by atoms with van der Waals surface area (Å²) in [4.78, 5) is 27.1. The highest BCUT2D eigenvalue weighted by atomic mass is 32.2. The molecule has 0 radical (unpaired) electrons. The Morgan fingerprint density at radius 3 is 2.59 bits per heavy atom. The molecule has 1 aromatic carbocycles. The summed E-state index contributed by atoms with van der Waals surface area (Å²) in [6, 6.07) is 9.82. The van der Waals surface area contributed by atoms with Crippen molar-refractivity contribution in [2.45, 2.75) is 18.4 Å². The minimum atomic E-state index is -3.75. The summed E-state index contributed by atoms with van der Waals surface area (Å²) in [6.07, 6.45) is 0. The van der Waals surface area contributed by atoms with Gasteiger partial charge in [-0.1, -0.05) is 6.07 Å². The molecule has 0 atom stereocenters. The lowest BCUT2D eigenvalue weighted by Gasteiger charge is -2.26. The number of hydrogen-bond donors (Lipinski definition) is 1. The number of benzene rings is 1. The zero-order valence-corrected chi connectivity index (χ0v) is 16.6. The second-order valence-electron chi connectivity index (χ2n) is 6.11. The molecule has 0 unspecified atom stereocenters. The maximum Gasteiger partial charge on any atom is 0.254 e. The summed E-state index contributed by atoms with van der Waals surface area (Å²) < 4.78 is 26.5. The molecule has 9 heteroatoms. The second kappa shape index (κ2) is 8.20. The molecular formula is C18H21N3O4S2. The lowest BCUT2D eigenvalue weighted by atomic mass is 10.2. The molecule has 0 saturated carbocycles. The summed E-state index contributed by atoms with van der Waals surface area (Å²) in [7, 11) is -3.75. The number of amides is 2. The van der Waals surface area contributed by atoms with Crippen molar-refractivity contribution in [2.24, 2.45) is 0 Å². The Kier molecular flexibility index (Phi) is 5.93. The molecule has 3 rings (SSSR count). The Morgan fingerprint density at radius 2 is 2.00 bits per heavy atom. The molecule has 1 aliphatic heterocycles. The number of piperazine rings is 1. The standard InChI is InChI=1S/C18H21N3O4S2/c1-2-20(12-15-4-3-11-26-15)18(23)14-5-7-16(8-6-14)27(24,25)21-10-9-19-17(22)13-21/h3-8,11H,2,9-10,12-13H2,1H3,(H,19,22). The molecule has 144 valence electrons. The van der Waals surface area contributed by atoms with E-state index in [1.165, 1.54) is 24.3 Å². The third-order valence-electron chi connectivity index (χ3n) is 4.34. The number of carbonyl (C=O) groups excluding carboxylic acids is 2. The smallest absolute Gasteiger partial charge is 0.254 e. The lowest BCUT2D eigenvalue weighted by molar-refractivity contribution is -0.122. The Bertz CT molecular complexity index is 909. The van der Waals surface area contributed by atoms with Crippen LogP contribution in [0.25, 0.3) is 0 Å². The number of thiophene rings is 1. The Morgan fingerprint density at radius 1 is 1.26 bits per heavy atom. The highest BCUT2D eigenvalue weighted by molar-refractivity contribution is 7.89. The molecule has 1 aliphatic rings. The maximum atomic E-state index is 12.7. The van der Waals surface area contributed by atoms with Crippen molar-refractivity contribution in [3.05, 3.63) is 52.2 Å². The molecule has 2 amide bonds. The van der Waals surface area contributed by atoms with Crippen molar-refractivity contribution < 1.29 is 18.0 Å². The van der Waals surface area contributed by atoms with Crippen LogP contribution in [0.3, 0.4) is 0 Å². The van der Waals surface area contributed by atoms with Crippen molar-refractivity contribution >= 4 is 33.2 Å². The Balaban J connectivity index is 1.75. The van der Waals surface area contributed by atoms with E-state index in [1.807, 2.05) is 24.4 Å². The number of nitrogens with one attached hydrogen (secondary N) is 1. The van der Waals surface area contributed by atoms with E-state index < -0.39 is 10.0 Å². The first-order valence-corrected chi connectivity index (χ1v) is 10.9. The van der Waals surface area contributed by atoms with Crippen LogP contribution in [0.2, 0.25) is 0 Å². The average molecular weight is 408 g/mol. The Labute approximate surface area is 162 Å². The fourth-order valence-electron chi connectivity index (χ4n) is 2.84. The summed E-state index contributed by atoms with van der Waals surface area (Å²) >= 11 is 1.59. The lowest BCUT2D eigenvalue weighted by Crippen LogP contribution is -2.49. The van der Waals surface area contributed by atoms with Gasteiger partial charge in [-0.15, -0.1) is 11.3 Å². The zero-order valence-electron chi connectivity index (χ0n) is 14.9. The van der Waals surface area contributed by atoms with Crippen LogP contribution in [-0.2, 0) is 21.4 Å². The van der Waals surface area contributed by atoms with Crippen LogP contribution in [0.5, 0.6) is 0 Å². The first-order valence-electron chi connectivity index (χ1n) is 8.60. The maximum absolute atomic E-state index is 12.7. The molecule has 0 spiro atoms. The van der Waals surface area contributed by atoms with Crippen molar-refractivity contribution in [3.8, 4) is 0 Å². The quantitative estimate of drug-likeness (QED) is 0.787. The molecule has 2 heterocycles. The van der Waals surface area contributed by atoms with Gasteiger partial charge in [0.15, 0.2) is 0 Å². The fourth-order valence-corrected chi connectivity index (χ4v) is 4.96. The first-order chi connectivity index (χ1) is 12.9. The third-order valence-corrected chi connectivity index (χ3v) is 7.06. The highest BCUT2D eigenvalue weighted by Gasteiger charge is 2.29. The van der Waals surface area contributed by atoms with Crippen molar-refractivity contribution in [1.82, 2.24) is 14.5 Å². The van der Waals surface area contributed by atoms with E-state index in [2.05, 4.69) is 5.32 Å². The fraction of sp³-hybridized carbons (Fsp3) is 0.333. The molecular weight excluding hydrogens is 386 g/mol. The van der Waals surface area contributed by atoms with Gasteiger partial charge in [-0.05, 0) is 42.6 Å². The summed E-state index contributed by atoms with van der Waals surface area (Å²) in [5.74, 6) is -0.462. The molecule has 2 aromatic rings. The minimum absolute atomic E-state index is 0.0788. The number of rotatable bonds is 6. The van der Waals surface area contributed by atoms with E-state index in [1.54, 1.807) is 16.2 Å². The van der Waals surface area contributed by atoms with E-state index in [9.17, 15) is 18.0 Å². The molecule has 0 bridgehead atoms. The van der Waals surface area contributed by atoms with Crippen LogP contribution < -0.4 is 5.32 Å². The minimum Gasteiger partial charge on any atom is -0.354 e. The van der Waals surface area contributed by atoms with Gasteiger partial charge in [-0.3, -0.25) is 9.59 Å². The molecule has 1 saturated heterocycles. The summed E-state index contributed by atoms with van der Waals surface area (Å²) in [5, 5.41) is 4.57. The largest absolute Gasteiger partial charge is 0.354 e. The van der Waals surface area contributed by atoms with Crippen LogP contribution in [0.1, 0.15) is 22.2 Å². The van der Waals surface area contributed by atoms with Crippen molar-refractivity contribution in [1.29, 1.82) is 0 Å². The van der Waals surface area contributed by atoms with E-state index in [-0.39, 0.29) is 29.8 Å². The summed E-state index contributed by atoms with van der Waals surface area (Å²) in [6.45, 7) is 3.33. The van der Waals surface area contributed by atoms with Crippen LogP contribution in [0.15, 0.2) is 46.7 Å². The van der Waals surface area contributed by atoms with Crippen molar-refractivity contribution in [2.75, 3.05) is 26.2 Å². The van der Waals surface area contributed by atoms with Gasteiger partial charge < -0.3 is 10.2 Å². The number of sulfonamides is 1. The van der Waals surface area contributed by atoms with Crippen LogP contribution in [0, 0.1) is 0 Å². The topological polar surface area (TPSA) is 86.8 Å². The summed E-state index contributed by atoms with van der Waals surface area (Å²) in [5.41, 5.74) is 0.434. The van der Waals surface area contributed by atoms with Crippen LogP contribution in [-0.4, -0.2) is 55.6 Å². The number of carbonyl (C=O) groups is 2. The number of nitrogens with zero attached hydrogens (tertiary/aromatic N) is 2. The van der Waals surface area contributed by atoms with Gasteiger partial charge in [0, 0.05) is 30.1 Å². The molecule has 27 heavy (non-hydrogen) atoms. The monoisotopic (exact) mass is 407 g/mol. The van der Waals surface area contributed by atoms with E-state index in [4.69, 9.17) is 0 Å². The normalized spacial score (nSPS) is 15.4. The van der Waals surface area contributed by atoms with Gasteiger partial charge in [0.2, 0.25) is 15.9 Å². The van der Waals surface area contributed by atoms with Crippen molar-refractivity contribution in [3.63, 3.8) is 0 Å². The zero-order chi connectivity index (χ0) is 19.4. The molecule has 1 aromatic heterocycles. The van der Waals surface area contributed by atoms with Gasteiger partial charge in [-0.25, -0.2) is 8.42 Å². The predicted molar refractivity (Wildman–Crippen MR) is 103 cm³/mol. The predicted octanol–water partition coefficient (Wildman–Crippen LogP) is 1.53. The second-order valence-corrected chi connectivity index (χ2v) is 9.08. The van der Waals surface area contributed by atoms with Gasteiger partial charge in [0.25, 0.3) is 5.91 Å². The average Bonchev–Trinajstić information content (AvgIpc) is 3.19. The van der Waals surface area contributed by atoms with Gasteiger partial charge in [-0.2, -0.15) is 4.31 Å². The van der Waals surface area contributed by atoms with E-state index in [0.717, 1.165) is 9.18 Å². The molecule has 1 N–H and O–H groups in total. The van der Waals surface area contributed by atoms with Crippen LogP contribution >= 0.6 is 11.3 Å². The molecule has 7 nitrogen and oxygen atoms in total. The van der Waals surface area contributed by atoms with Gasteiger partial charge in [0.05, 0.1) is 18.0 Å². The first kappa shape index (κ1) is 19.5. The van der Waals surface area contributed by atoms with Gasteiger partial charge >= 0.3 is 0 Å². The Hall–Kier alpha value is -2.23. The third kappa shape index (κ3) is 4.37. The highest BCUT2D eigenvalue weighted by Crippen LogP contribution is 2.19. The van der Waals surface area contributed by atoms with Gasteiger partial charge in [0.1, 0.15) is 0 Å². The van der Waals surface area contributed by atoms with E-state index >= 15 is 0 Å². The van der Waals surface area contributed by atoms with Crippen LogP contribution in [0.4, 0.5) is 0 Å². The van der Waals surface area contributed by atoms with E-state index in [0.29, 0.717) is 25.2 Å².